The summed E-state index contributed by atoms with van der Waals surface area (Å²) < 4.78 is 5.27. The number of carbonyl (C=O) groups is 1. The van der Waals surface area contributed by atoms with Gasteiger partial charge in [0.05, 0.1) is 29.7 Å². The number of carboxylic acids is 1. The van der Waals surface area contributed by atoms with Gasteiger partial charge in [0.15, 0.2) is 0 Å². The summed E-state index contributed by atoms with van der Waals surface area (Å²) in [4.78, 5) is 15.7. The van der Waals surface area contributed by atoms with Crippen molar-refractivity contribution in [2.75, 3.05) is 20.2 Å². The van der Waals surface area contributed by atoms with E-state index in [0.717, 1.165) is 23.9 Å². The quantitative estimate of drug-likeness (QED) is 0.617. The number of nitrogens with one attached hydrogen (secondary N) is 1. The molecular weight excluding hydrogens is 427 g/mol. The average Bonchev–Trinajstić information content (AvgIpc) is 2.65. The lowest BCUT2D eigenvalue weighted by molar-refractivity contribution is -0.144. The lowest BCUT2D eigenvalue weighted by Crippen LogP contribution is -2.40. The molecule has 0 saturated carbocycles. The molecule has 3 unspecified atom stereocenters. The van der Waals surface area contributed by atoms with Crippen molar-refractivity contribution in [2.24, 2.45) is 11.8 Å². The first-order valence-electron chi connectivity index (χ1n) is 8.75. The second-order valence-corrected chi connectivity index (χ2v) is 7.10. The maximum atomic E-state index is 11.4. The Bertz CT molecular complexity index is 806. The normalized spacial score (nSPS) is 20.0. The molecule has 0 radical (unpaired) electrons. The van der Waals surface area contributed by atoms with E-state index < -0.39 is 18.0 Å². The van der Waals surface area contributed by atoms with Gasteiger partial charge in [0.2, 0.25) is 0 Å². The first kappa shape index (κ1) is 24.7. The summed E-state index contributed by atoms with van der Waals surface area (Å²) in [7, 11) is 1.58. The molecular formula is C19H25Cl3N2O4. The average molecular weight is 452 g/mol. The Morgan fingerprint density at radius 3 is 2.86 bits per heavy atom. The second-order valence-electron chi connectivity index (χ2n) is 6.69. The zero-order chi connectivity index (χ0) is 18.7. The van der Waals surface area contributed by atoms with Gasteiger partial charge in [-0.05, 0) is 49.9 Å². The van der Waals surface area contributed by atoms with Crippen LogP contribution in [0, 0.1) is 11.8 Å². The zero-order valence-electron chi connectivity index (χ0n) is 15.4. The molecule has 28 heavy (non-hydrogen) atoms. The summed E-state index contributed by atoms with van der Waals surface area (Å²) in [6, 6.07) is 5.46. The van der Waals surface area contributed by atoms with Crippen LogP contribution >= 0.6 is 36.4 Å². The number of hydrogen-bond donors (Lipinski definition) is 3. The van der Waals surface area contributed by atoms with Crippen LogP contribution in [0.4, 0.5) is 0 Å². The summed E-state index contributed by atoms with van der Waals surface area (Å²) >= 11 is 6.33. The van der Waals surface area contributed by atoms with Gasteiger partial charge < -0.3 is 20.3 Å². The number of aliphatic carboxylic acids is 1. The van der Waals surface area contributed by atoms with Gasteiger partial charge in [0, 0.05) is 23.7 Å². The van der Waals surface area contributed by atoms with E-state index in [1.54, 1.807) is 13.3 Å². The van der Waals surface area contributed by atoms with Gasteiger partial charge in [-0.1, -0.05) is 11.6 Å². The molecule has 9 heteroatoms. The smallest absolute Gasteiger partial charge is 0.308 e. The molecule has 0 aliphatic carbocycles. The van der Waals surface area contributed by atoms with E-state index in [1.165, 1.54) is 0 Å². The number of hydrogen-bond acceptors (Lipinski definition) is 5. The number of aliphatic hydroxyl groups excluding tert-OH is 1. The van der Waals surface area contributed by atoms with Crippen LogP contribution in [0.15, 0.2) is 24.4 Å². The van der Waals surface area contributed by atoms with E-state index >= 15 is 0 Å². The minimum absolute atomic E-state index is 0. The number of pyridine rings is 1. The molecule has 1 saturated heterocycles. The van der Waals surface area contributed by atoms with Crippen LogP contribution in [-0.2, 0) is 4.79 Å². The largest absolute Gasteiger partial charge is 0.497 e. The molecule has 3 atom stereocenters. The fourth-order valence-electron chi connectivity index (χ4n) is 3.70. The molecule has 1 aliphatic heterocycles. The Kier molecular flexibility index (Phi) is 9.74. The number of aliphatic hydroxyl groups is 1. The van der Waals surface area contributed by atoms with Crippen LogP contribution < -0.4 is 10.1 Å². The highest BCUT2D eigenvalue weighted by molar-refractivity contribution is 6.32. The molecule has 0 bridgehead atoms. The fraction of sp³-hybridized carbons (Fsp3) is 0.474. The Morgan fingerprint density at radius 2 is 2.18 bits per heavy atom. The topological polar surface area (TPSA) is 91.7 Å². The molecule has 156 valence electrons. The van der Waals surface area contributed by atoms with E-state index in [0.29, 0.717) is 35.7 Å². The lowest BCUT2D eigenvalue weighted by atomic mass is 9.82. The number of halogens is 3. The van der Waals surface area contributed by atoms with E-state index in [-0.39, 0.29) is 30.7 Å². The minimum Gasteiger partial charge on any atom is -0.497 e. The van der Waals surface area contributed by atoms with Crippen molar-refractivity contribution in [2.45, 2.75) is 25.4 Å². The van der Waals surface area contributed by atoms with Crippen molar-refractivity contribution < 1.29 is 19.7 Å². The number of rotatable bonds is 6. The number of methoxy groups -OCH3 is 1. The Labute approximate surface area is 181 Å². The molecule has 3 N–H and O–H groups in total. The van der Waals surface area contributed by atoms with Crippen LogP contribution in [0.5, 0.6) is 5.75 Å². The van der Waals surface area contributed by atoms with Gasteiger partial charge in [-0.15, -0.1) is 24.8 Å². The Balaban J connectivity index is 0.00000196. The molecule has 1 aromatic carbocycles. The molecule has 2 aromatic rings. The highest BCUT2D eigenvalue weighted by atomic mass is 35.5. The van der Waals surface area contributed by atoms with Crippen molar-refractivity contribution in [1.82, 2.24) is 10.3 Å². The van der Waals surface area contributed by atoms with Crippen LogP contribution in [0.2, 0.25) is 5.02 Å². The van der Waals surface area contributed by atoms with Crippen LogP contribution in [0.3, 0.4) is 0 Å². The van der Waals surface area contributed by atoms with E-state index in [2.05, 4.69) is 10.3 Å². The molecule has 2 heterocycles. The van der Waals surface area contributed by atoms with Crippen molar-refractivity contribution in [3.8, 4) is 5.75 Å². The third kappa shape index (κ3) is 5.39. The third-order valence-corrected chi connectivity index (χ3v) is 5.46. The number of aromatic nitrogens is 1. The molecule has 0 amide bonds. The summed E-state index contributed by atoms with van der Waals surface area (Å²) in [6.07, 6.45) is 2.63. The van der Waals surface area contributed by atoms with Crippen LogP contribution in [-0.4, -0.2) is 41.4 Å². The molecule has 1 fully saturated rings. The maximum absolute atomic E-state index is 11.4. The summed E-state index contributed by atoms with van der Waals surface area (Å²) in [5, 5.41) is 24.5. The monoisotopic (exact) mass is 450 g/mol. The van der Waals surface area contributed by atoms with Crippen molar-refractivity contribution in [3.05, 3.63) is 35.0 Å². The molecule has 3 rings (SSSR count). The molecule has 1 aromatic heterocycles. The number of ether oxygens (including phenoxy) is 1. The van der Waals surface area contributed by atoms with E-state index in [9.17, 15) is 15.0 Å². The zero-order valence-corrected chi connectivity index (χ0v) is 17.8. The van der Waals surface area contributed by atoms with Crippen LogP contribution in [0.25, 0.3) is 10.9 Å². The van der Waals surface area contributed by atoms with Crippen LogP contribution in [0.1, 0.15) is 30.9 Å². The predicted molar refractivity (Wildman–Crippen MR) is 114 cm³/mol. The molecule has 1 aliphatic rings. The number of piperidine rings is 1. The van der Waals surface area contributed by atoms with E-state index in [1.807, 2.05) is 18.2 Å². The number of fused-ring (bicyclic) bond motifs is 1. The molecule has 0 spiro atoms. The first-order chi connectivity index (χ1) is 12.5. The summed E-state index contributed by atoms with van der Waals surface area (Å²) in [6.45, 7) is 1.28. The van der Waals surface area contributed by atoms with Gasteiger partial charge in [-0.2, -0.15) is 0 Å². The highest BCUT2D eigenvalue weighted by Crippen LogP contribution is 2.36. The van der Waals surface area contributed by atoms with E-state index in [4.69, 9.17) is 16.3 Å². The van der Waals surface area contributed by atoms with Gasteiger partial charge in [0.25, 0.3) is 0 Å². The van der Waals surface area contributed by atoms with Crippen molar-refractivity contribution in [1.29, 1.82) is 0 Å². The van der Waals surface area contributed by atoms with Crippen molar-refractivity contribution >= 4 is 53.3 Å². The van der Waals surface area contributed by atoms with Gasteiger partial charge in [-0.25, -0.2) is 0 Å². The second kappa shape index (κ2) is 11.0. The molecule has 6 nitrogen and oxygen atoms in total. The van der Waals surface area contributed by atoms with Crippen molar-refractivity contribution in [3.63, 3.8) is 0 Å². The fourth-order valence-corrected chi connectivity index (χ4v) is 3.97. The number of nitrogens with zero attached hydrogens (tertiary/aromatic N) is 1. The van der Waals surface area contributed by atoms with Gasteiger partial charge >= 0.3 is 5.97 Å². The summed E-state index contributed by atoms with van der Waals surface area (Å²) in [5.41, 5.74) is 1.35. The Hall–Kier alpha value is -1.31. The van der Waals surface area contributed by atoms with Gasteiger partial charge in [0.1, 0.15) is 5.75 Å². The number of carboxylic acid groups (broad SMARTS) is 1. The Morgan fingerprint density at radius 1 is 1.43 bits per heavy atom. The maximum Gasteiger partial charge on any atom is 0.308 e. The number of benzene rings is 1. The third-order valence-electron chi connectivity index (χ3n) is 5.15. The summed E-state index contributed by atoms with van der Waals surface area (Å²) in [5.74, 6) is -0.487. The first-order valence-corrected chi connectivity index (χ1v) is 9.12. The lowest BCUT2D eigenvalue weighted by Gasteiger charge is -2.30. The SMILES string of the molecule is COc1ccc2ncc(Cl)c(C(O)CCC3CCNCC3C(=O)O)c2c1.Cl.Cl. The van der Waals surface area contributed by atoms with Gasteiger partial charge in [-0.3, -0.25) is 9.78 Å². The predicted octanol–water partition coefficient (Wildman–Crippen LogP) is 3.86. The minimum atomic E-state index is -0.788. The highest BCUT2D eigenvalue weighted by Gasteiger charge is 2.31. The standard InChI is InChI=1S/C19H23ClN2O4.2ClH/c1-26-12-3-4-16-13(8-12)18(15(20)10-22-16)17(23)5-2-11-6-7-21-9-14(11)19(24)25;;/h3-4,8,10-11,14,17,21,23H,2,5-7,9H2,1H3,(H,24,25);2*1H.